The lowest BCUT2D eigenvalue weighted by Gasteiger charge is -2.13. The van der Waals surface area contributed by atoms with Gasteiger partial charge in [-0.2, -0.15) is 0 Å². The summed E-state index contributed by atoms with van der Waals surface area (Å²) in [5.41, 5.74) is 13.1. The number of rotatable bonds is 18. The molecule has 0 unspecified atom stereocenters. The van der Waals surface area contributed by atoms with Gasteiger partial charge in [0.1, 0.15) is 0 Å². The second-order valence-electron chi connectivity index (χ2n) is 20.9. The highest BCUT2D eigenvalue weighted by Gasteiger charge is 2.21. The third-order valence-electron chi connectivity index (χ3n) is 14.5. The van der Waals surface area contributed by atoms with E-state index in [0.29, 0.717) is 0 Å². The van der Waals surface area contributed by atoms with Gasteiger partial charge in [0.2, 0.25) is 0 Å². The van der Waals surface area contributed by atoms with Gasteiger partial charge in [-0.15, -0.1) is 13.3 Å². The fourth-order valence-corrected chi connectivity index (χ4v) is 20.7. The zero-order valence-corrected chi connectivity index (χ0v) is 54.2. The van der Waals surface area contributed by atoms with Gasteiger partial charge in [-0.25, -0.2) is 0 Å². The molecule has 9 rings (SSSR count). The lowest BCUT2D eigenvalue weighted by atomic mass is 10.2. The van der Waals surface area contributed by atoms with Crippen LogP contribution in [0.15, 0.2) is 255 Å². The maximum atomic E-state index is 2.35. The van der Waals surface area contributed by atoms with Crippen LogP contribution in [0.4, 0.5) is 0 Å². The Kier molecular flexibility index (Phi) is 30.8. The molecule has 0 aliphatic heterocycles. The highest BCUT2D eigenvalue weighted by atomic mass is 27.2. The van der Waals surface area contributed by atoms with Crippen LogP contribution >= 0.6 is 0 Å². The lowest BCUT2D eigenvalue weighted by Crippen LogP contribution is -2.41. The zero-order valence-electron chi connectivity index (χ0n) is 47.6. The van der Waals surface area contributed by atoms with E-state index in [0.717, 1.165) is 0 Å². The third kappa shape index (κ3) is 25.4. The molecule has 0 spiro atoms. The van der Waals surface area contributed by atoms with Gasteiger partial charge >= 0.3 is 14.1 Å². The minimum Gasteiger partial charge on any atom is -0.121 e. The fraction of sp³-hybridized carbons (Fsp3) is 0.239. The number of hydrogen-bond acceptors (Lipinski definition) is 0. The first-order valence-corrected chi connectivity index (χ1v) is 38.9. The molecule has 0 radical (unpaired) electrons. The molecule has 0 atom stereocenters. The van der Waals surface area contributed by atoms with Gasteiger partial charge in [0.25, 0.3) is 58.7 Å². The summed E-state index contributed by atoms with van der Waals surface area (Å²) >= 11 is -1.80. The van der Waals surface area contributed by atoms with E-state index in [2.05, 4.69) is 303 Å². The second kappa shape index (κ2) is 37.5. The highest BCUT2D eigenvalue weighted by molar-refractivity contribution is 6.85. The Morgan fingerprint density at radius 3 is 0.697 bits per heavy atom. The maximum Gasteiger partial charge on any atom is 0.345 e. The zero-order chi connectivity index (χ0) is 54.0. The number of hydrogen-bond donors (Lipinski definition) is 0. The summed E-state index contributed by atoms with van der Waals surface area (Å²) in [5, 5.41) is 13.4. The smallest absolute Gasteiger partial charge is 0.121 e. The fourth-order valence-electron chi connectivity index (χ4n) is 9.74. The Morgan fingerprint density at radius 1 is 0.250 bits per heavy atom. The van der Waals surface area contributed by atoms with Crippen molar-refractivity contribution in [2.24, 2.45) is 0 Å². The SMILES string of the molecule is C[CH2][Al]([CH2]C)[CH2]c1ccccc1.C[CH2][Al]([CH2]c1ccccc1)[CH2]c1ccccc1.C[CH2][Al]([c]1ccc(C)cc1)[c]1ccc(C)cc1.Cc1cc[c]([AlH2])cc1.c1ccc([CH2][Al]([CH2]c2ccccc2)[CH2]c2ccccc2)cc1. The Balaban J connectivity index is 0.000000181. The molecule has 76 heavy (non-hydrogen) atoms. The molecule has 5 heteroatoms. The predicted molar refractivity (Wildman–Crippen MR) is 347 cm³/mol. The molecule has 0 saturated carbocycles. The Bertz CT molecular complexity index is 2600. The monoisotopic (exact) mass is 1070 g/mol. The second-order valence-corrected chi connectivity index (χ2v) is 35.4. The van der Waals surface area contributed by atoms with Crippen molar-refractivity contribution in [3.8, 4) is 0 Å². The average Bonchev–Trinajstić information content (AvgIpc) is 3.46. The Hall–Kier alpha value is -4.36. The molecule has 0 aromatic heterocycles. The van der Waals surface area contributed by atoms with Crippen LogP contribution in [0.2, 0.25) is 21.1 Å². The van der Waals surface area contributed by atoms with Crippen molar-refractivity contribution in [1.29, 1.82) is 0 Å². The third-order valence-corrected chi connectivity index (χ3v) is 28.1. The van der Waals surface area contributed by atoms with Crippen molar-refractivity contribution in [3.63, 3.8) is 0 Å². The van der Waals surface area contributed by atoms with Crippen LogP contribution < -0.4 is 13.3 Å². The van der Waals surface area contributed by atoms with E-state index in [1.54, 1.807) is 8.85 Å². The number of benzene rings is 9. The van der Waals surface area contributed by atoms with Gasteiger partial charge in [-0.1, -0.05) is 385 Å². The van der Waals surface area contributed by atoms with Crippen LogP contribution in [0.1, 0.15) is 77.8 Å². The van der Waals surface area contributed by atoms with Crippen molar-refractivity contribution in [3.05, 3.63) is 305 Å². The first-order valence-electron chi connectivity index (χ1n) is 28.5. The number of aryl methyl sites for hydroxylation is 3. The van der Waals surface area contributed by atoms with Crippen LogP contribution in [0, 0.1) is 20.8 Å². The van der Waals surface area contributed by atoms with Gasteiger partial charge < -0.3 is 0 Å². The van der Waals surface area contributed by atoms with Crippen molar-refractivity contribution in [2.45, 2.75) is 101 Å². The molecule has 9 aromatic carbocycles. The molecule has 0 bridgehead atoms. The first-order chi connectivity index (χ1) is 37.1. The van der Waals surface area contributed by atoms with E-state index in [1.165, 1.54) is 124 Å². The largest absolute Gasteiger partial charge is 0.345 e. The normalized spacial score (nSPS) is 10.1. The average molecular weight is 1070 g/mol. The quantitative estimate of drug-likeness (QED) is 0.0751. The minimum absolute atomic E-state index is 0.419. The summed E-state index contributed by atoms with van der Waals surface area (Å²) in [6.07, 6.45) is 0. The molecule has 0 N–H and O–H groups in total. The van der Waals surface area contributed by atoms with E-state index in [-0.39, 0.29) is 0 Å². The van der Waals surface area contributed by atoms with Crippen LogP contribution in [0.25, 0.3) is 0 Å². The van der Waals surface area contributed by atoms with Crippen molar-refractivity contribution < 1.29 is 0 Å². The van der Waals surface area contributed by atoms with Gasteiger partial charge in [0.05, 0.1) is 0 Å². The molecule has 0 fully saturated rings. The highest BCUT2D eigenvalue weighted by Crippen LogP contribution is 2.15. The van der Waals surface area contributed by atoms with E-state index >= 15 is 0 Å². The van der Waals surface area contributed by atoms with Crippen LogP contribution in [0.3, 0.4) is 0 Å². The standard InChI is InChI=1S/9C7H7.4C2H5.5Al.2H/c9*1-7-5-3-2-4-6-7;4*1-2;;;;;;;/h3*3-6H,1H3;6*2-6H,1H2;4*1H2,2H3;;;;;;;. The topological polar surface area (TPSA) is 0 Å². The molecule has 0 amide bonds. The molecule has 384 valence electrons. The summed E-state index contributed by atoms with van der Waals surface area (Å²) in [6.45, 7) is 15.8. The molecule has 9 aromatic rings. The maximum absolute atomic E-state index is 2.35. The summed E-state index contributed by atoms with van der Waals surface area (Å²) in [5.74, 6) is 0. The molecule has 0 heterocycles. The van der Waals surface area contributed by atoms with Gasteiger partial charge in [0.15, 0.2) is 0 Å². The van der Waals surface area contributed by atoms with Crippen LogP contribution in [0.5, 0.6) is 0 Å². The molecule has 0 saturated heterocycles. The van der Waals surface area contributed by atoms with E-state index in [1.807, 2.05) is 0 Å². The van der Waals surface area contributed by atoms with Crippen LogP contribution in [-0.4, -0.2) is 72.9 Å². The van der Waals surface area contributed by atoms with E-state index in [4.69, 9.17) is 0 Å². The van der Waals surface area contributed by atoms with E-state index in [9.17, 15) is 0 Å². The van der Waals surface area contributed by atoms with Crippen molar-refractivity contribution in [1.82, 2.24) is 0 Å². The molecular formula is C71H85Al5. The predicted octanol–water partition coefficient (Wildman–Crippen LogP) is 15.4. The van der Waals surface area contributed by atoms with Gasteiger partial charge in [0, 0.05) is 0 Å². The first kappa shape index (κ1) is 62.5. The Labute approximate surface area is 487 Å². The molecule has 0 aliphatic carbocycles. The summed E-state index contributed by atoms with van der Waals surface area (Å²) in [4.78, 5) is 0. The Morgan fingerprint density at radius 2 is 0.474 bits per heavy atom. The summed E-state index contributed by atoms with van der Waals surface area (Å²) in [6, 6.07) is 92.5. The van der Waals surface area contributed by atoms with Gasteiger partial charge in [-0.05, 0) is 20.8 Å². The lowest BCUT2D eigenvalue weighted by molar-refractivity contribution is 1.19. The molecular weight excluding hydrogens is 988 g/mol. The van der Waals surface area contributed by atoms with E-state index < -0.39 is 56.6 Å². The summed E-state index contributed by atoms with van der Waals surface area (Å²) in [7, 11) is 0. The minimum atomic E-state index is -0.971. The van der Waals surface area contributed by atoms with Crippen molar-refractivity contribution >= 4 is 86.2 Å². The summed E-state index contributed by atoms with van der Waals surface area (Å²) < 4.78 is 4.58. The van der Waals surface area contributed by atoms with Gasteiger partial charge in [-0.3, -0.25) is 0 Å². The molecule has 0 aliphatic rings. The van der Waals surface area contributed by atoms with Crippen LogP contribution in [-0.2, 0) is 31.7 Å². The molecule has 0 nitrogen and oxygen atoms in total. The van der Waals surface area contributed by atoms with Crippen molar-refractivity contribution in [2.75, 3.05) is 0 Å².